The van der Waals surface area contributed by atoms with E-state index in [1.165, 1.54) is 16.8 Å². The molecule has 0 aliphatic carbocycles. The summed E-state index contributed by atoms with van der Waals surface area (Å²) < 4.78 is 0. The molecule has 0 saturated carbocycles. The fraction of sp³-hybridized carbons (Fsp3) is 0.286. The molecular weight excluding hydrogens is 310 g/mol. The third-order valence-corrected chi connectivity index (χ3v) is 4.59. The molecule has 0 radical (unpaired) electrons. The van der Waals surface area contributed by atoms with Gasteiger partial charge in [0, 0.05) is 38.1 Å². The van der Waals surface area contributed by atoms with Gasteiger partial charge in [-0.05, 0) is 48.7 Å². The Hall–Kier alpha value is -2.75. The molecule has 4 heteroatoms. The van der Waals surface area contributed by atoms with Gasteiger partial charge in [0.05, 0.1) is 0 Å². The molecule has 2 aromatic carbocycles. The van der Waals surface area contributed by atoms with Crippen molar-refractivity contribution in [1.82, 2.24) is 10.2 Å². The number of carbonyl (C=O) groups excluding carboxylic acids is 1. The van der Waals surface area contributed by atoms with Gasteiger partial charge in [0.2, 0.25) is 0 Å². The van der Waals surface area contributed by atoms with Crippen LogP contribution in [0.4, 0.5) is 10.5 Å². The SMILES string of the molecule is Cc1cccc(N2CCN(C(=O)N/C=C/c3ccccc3C)CC2)c1. The molecule has 1 aliphatic rings. The molecule has 0 unspecified atom stereocenters. The third kappa shape index (κ3) is 4.41. The lowest BCUT2D eigenvalue weighted by molar-refractivity contribution is 0.198. The topological polar surface area (TPSA) is 35.6 Å². The molecule has 0 aromatic heterocycles. The van der Waals surface area contributed by atoms with E-state index in [9.17, 15) is 4.79 Å². The molecule has 0 bridgehead atoms. The van der Waals surface area contributed by atoms with Gasteiger partial charge < -0.3 is 15.1 Å². The van der Waals surface area contributed by atoms with Gasteiger partial charge in [0.1, 0.15) is 0 Å². The molecule has 1 saturated heterocycles. The second kappa shape index (κ2) is 7.88. The predicted molar refractivity (Wildman–Crippen MR) is 104 cm³/mol. The number of amides is 2. The Morgan fingerprint density at radius 3 is 2.48 bits per heavy atom. The summed E-state index contributed by atoms with van der Waals surface area (Å²) in [6.07, 6.45) is 3.67. The number of rotatable bonds is 3. The maximum atomic E-state index is 12.3. The van der Waals surface area contributed by atoms with Crippen molar-refractivity contribution < 1.29 is 4.79 Å². The summed E-state index contributed by atoms with van der Waals surface area (Å²) in [5.74, 6) is 0. The van der Waals surface area contributed by atoms with Gasteiger partial charge in [-0.15, -0.1) is 0 Å². The van der Waals surface area contributed by atoms with Gasteiger partial charge in [-0.25, -0.2) is 4.79 Å². The number of carbonyl (C=O) groups is 1. The van der Waals surface area contributed by atoms with Crippen LogP contribution < -0.4 is 10.2 Å². The van der Waals surface area contributed by atoms with Crippen LogP contribution in [0, 0.1) is 13.8 Å². The molecule has 0 spiro atoms. The summed E-state index contributed by atoms with van der Waals surface area (Å²) in [4.78, 5) is 16.5. The van der Waals surface area contributed by atoms with Gasteiger partial charge >= 0.3 is 6.03 Å². The molecule has 0 atom stereocenters. The predicted octanol–water partition coefficient (Wildman–Crippen LogP) is 3.81. The first-order valence-electron chi connectivity index (χ1n) is 8.73. The fourth-order valence-electron chi connectivity index (χ4n) is 3.06. The highest BCUT2D eigenvalue weighted by Gasteiger charge is 2.20. The number of urea groups is 1. The highest BCUT2D eigenvalue weighted by molar-refractivity contribution is 5.76. The quantitative estimate of drug-likeness (QED) is 0.926. The summed E-state index contributed by atoms with van der Waals surface area (Å²) in [6.45, 7) is 7.35. The van der Waals surface area contributed by atoms with Crippen molar-refractivity contribution in [3.63, 3.8) is 0 Å². The van der Waals surface area contributed by atoms with Crippen molar-refractivity contribution in [3.8, 4) is 0 Å². The second-order valence-electron chi connectivity index (χ2n) is 6.45. The van der Waals surface area contributed by atoms with Crippen LogP contribution in [0.2, 0.25) is 0 Å². The first-order valence-corrected chi connectivity index (χ1v) is 8.73. The van der Waals surface area contributed by atoms with Crippen molar-refractivity contribution in [1.29, 1.82) is 0 Å². The number of nitrogens with one attached hydrogen (secondary N) is 1. The Morgan fingerprint density at radius 1 is 1.00 bits per heavy atom. The van der Waals surface area contributed by atoms with E-state index in [4.69, 9.17) is 0 Å². The number of piperazine rings is 1. The van der Waals surface area contributed by atoms with Crippen molar-refractivity contribution in [3.05, 3.63) is 71.4 Å². The first-order chi connectivity index (χ1) is 12.1. The third-order valence-electron chi connectivity index (χ3n) is 4.59. The van der Waals surface area contributed by atoms with Crippen LogP contribution in [0.5, 0.6) is 0 Å². The Balaban J connectivity index is 1.51. The van der Waals surface area contributed by atoms with Crippen molar-refractivity contribution in [2.24, 2.45) is 0 Å². The van der Waals surface area contributed by atoms with Gasteiger partial charge in [-0.2, -0.15) is 0 Å². The van der Waals surface area contributed by atoms with E-state index in [0.29, 0.717) is 0 Å². The van der Waals surface area contributed by atoms with Crippen LogP contribution in [0.1, 0.15) is 16.7 Å². The minimum absolute atomic E-state index is 0.0336. The van der Waals surface area contributed by atoms with Crippen molar-refractivity contribution >= 4 is 17.8 Å². The number of aryl methyl sites for hydroxylation is 2. The molecule has 130 valence electrons. The van der Waals surface area contributed by atoms with E-state index in [2.05, 4.69) is 54.4 Å². The molecule has 1 N–H and O–H groups in total. The van der Waals surface area contributed by atoms with E-state index in [1.54, 1.807) is 6.20 Å². The lowest BCUT2D eigenvalue weighted by Crippen LogP contribution is -2.51. The van der Waals surface area contributed by atoms with Crippen LogP contribution in [0.25, 0.3) is 6.08 Å². The standard InChI is InChI=1S/C21H25N3O/c1-17-6-5-9-20(16-17)23-12-14-24(15-13-23)21(25)22-11-10-19-8-4-3-7-18(19)2/h3-11,16H,12-15H2,1-2H3,(H,22,25)/b11-10+. The van der Waals surface area contributed by atoms with Crippen LogP contribution in [0.3, 0.4) is 0 Å². The van der Waals surface area contributed by atoms with Gasteiger partial charge in [0.25, 0.3) is 0 Å². The smallest absolute Gasteiger partial charge is 0.321 e. The number of nitrogens with zero attached hydrogens (tertiary/aromatic N) is 2. The fourth-order valence-corrected chi connectivity index (χ4v) is 3.06. The summed E-state index contributed by atoms with van der Waals surface area (Å²) in [5, 5.41) is 2.88. The summed E-state index contributed by atoms with van der Waals surface area (Å²) in [6, 6.07) is 16.6. The largest absolute Gasteiger partial charge is 0.368 e. The average Bonchev–Trinajstić information content (AvgIpc) is 2.63. The Bertz CT molecular complexity index is 761. The Labute approximate surface area is 149 Å². The zero-order chi connectivity index (χ0) is 17.6. The monoisotopic (exact) mass is 335 g/mol. The zero-order valence-corrected chi connectivity index (χ0v) is 14.9. The lowest BCUT2D eigenvalue weighted by Gasteiger charge is -2.36. The molecule has 2 aromatic rings. The second-order valence-corrected chi connectivity index (χ2v) is 6.45. The number of hydrogen-bond donors (Lipinski definition) is 1. The molecule has 3 rings (SSSR count). The summed E-state index contributed by atoms with van der Waals surface area (Å²) in [5.41, 5.74) is 4.81. The minimum Gasteiger partial charge on any atom is -0.368 e. The average molecular weight is 335 g/mol. The van der Waals surface area contributed by atoms with Gasteiger partial charge in [-0.3, -0.25) is 0 Å². The molecule has 1 aliphatic heterocycles. The molecule has 4 nitrogen and oxygen atoms in total. The summed E-state index contributed by atoms with van der Waals surface area (Å²) >= 11 is 0. The van der Waals surface area contributed by atoms with Crippen molar-refractivity contribution in [2.75, 3.05) is 31.1 Å². The van der Waals surface area contributed by atoms with E-state index in [1.807, 2.05) is 29.2 Å². The van der Waals surface area contributed by atoms with Crippen LogP contribution >= 0.6 is 0 Å². The molecule has 1 heterocycles. The number of hydrogen-bond acceptors (Lipinski definition) is 2. The van der Waals surface area contributed by atoms with Crippen LogP contribution in [-0.4, -0.2) is 37.1 Å². The molecule has 1 fully saturated rings. The Morgan fingerprint density at radius 2 is 1.76 bits per heavy atom. The Kier molecular flexibility index (Phi) is 5.39. The normalized spacial score (nSPS) is 14.8. The van der Waals surface area contributed by atoms with Crippen molar-refractivity contribution in [2.45, 2.75) is 13.8 Å². The van der Waals surface area contributed by atoms with E-state index in [0.717, 1.165) is 31.7 Å². The zero-order valence-electron chi connectivity index (χ0n) is 14.9. The highest BCUT2D eigenvalue weighted by atomic mass is 16.2. The van der Waals surface area contributed by atoms with E-state index >= 15 is 0 Å². The van der Waals surface area contributed by atoms with Gasteiger partial charge in [-0.1, -0.05) is 36.4 Å². The highest BCUT2D eigenvalue weighted by Crippen LogP contribution is 2.17. The van der Waals surface area contributed by atoms with E-state index in [-0.39, 0.29) is 6.03 Å². The first kappa shape index (κ1) is 17.1. The molecule has 25 heavy (non-hydrogen) atoms. The minimum atomic E-state index is -0.0336. The number of benzene rings is 2. The number of anilines is 1. The molecular formula is C21H25N3O. The summed E-state index contributed by atoms with van der Waals surface area (Å²) in [7, 11) is 0. The van der Waals surface area contributed by atoms with Gasteiger partial charge in [0.15, 0.2) is 0 Å². The lowest BCUT2D eigenvalue weighted by atomic mass is 10.1. The maximum Gasteiger partial charge on any atom is 0.321 e. The van der Waals surface area contributed by atoms with Crippen LogP contribution in [-0.2, 0) is 0 Å². The maximum absolute atomic E-state index is 12.3. The molecule has 2 amide bonds. The van der Waals surface area contributed by atoms with Crippen LogP contribution in [0.15, 0.2) is 54.7 Å². The van der Waals surface area contributed by atoms with E-state index < -0.39 is 0 Å².